The highest BCUT2D eigenvalue weighted by molar-refractivity contribution is 6.38. The van der Waals surface area contributed by atoms with Crippen LogP contribution in [0.3, 0.4) is 0 Å². The Balaban J connectivity index is 1.53. The molecule has 0 radical (unpaired) electrons. The normalized spacial score (nSPS) is 14.1. The molecule has 0 heterocycles. The van der Waals surface area contributed by atoms with Crippen LogP contribution in [0.25, 0.3) is 43.5 Å². The lowest BCUT2D eigenvalue weighted by Gasteiger charge is -2.16. The van der Waals surface area contributed by atoms with Crippen molar-refractivity contribution < 1.29 is 0 Å². The summed E-state index contributed by atoms with van der Waals surface area (Å²) >= 11 is 0. The van der Waals surface area contributed by atoms with Gasteiger partial charge in [-0.1, -0.05) is 96.1 Å². The van der Waals surface area contributed by atoms with Gasteiger partial charge in [0.25, 0.3) is 0 Å². The molecule has 0 saturated carbocycles. The maximum atomic E-state index is 2.42. The first-order valence-corrected chi connectivity index (χ1v) is 13.0. The minimum atomic E-state index is 1.06. The van der Waals surface area contributed by atoms with Gasteiger partial charge < -0.3 is 0 Å². The standard InChI is InChI=1S/C36H24/c1-19-3-7-21(8-4-19)29(22-9-5-20(2)6-10-22)34-27-15-13-25-17-23-11-12-24-18-26-14-16-28(34)36-33(26)31(24)30(23)32(25)35(27)36/h3-16H,17-18H2,1-2H3. The molecule has 0 spiro atoms. The van der Waals surface area contributed by atoms with Crippen molar-refractivity contribution in [3.05, 3.63) is 141 Å². The number of aryl methyl sites for hydroxylation is 2. The molecule has 0 atom stereocenters. The molecule has 6 aromatic carbocycles. The second-order valence-electron chi connectivity index (χ2n) is 11.0. The lowest BCUT2D eigenvalue weighted by atomic mass is 9.87. The van der Waals surface area contributed by atoms with Gasteiger partial charge in [0.1, 0.15) is 0 Å². The maximum absolute atomic E-state index is 2.42. The molecule has 36 heavy (non-hydrogen) atoms. The summed E-state index contributed by atoms with van der Waals surface area (Å²) in [6.07, 6.45) is 2.12. The predicted molar refractivity (Wildman–Crippen MR) is 152 cm³/mol. The third kappa shape index (κ3) is 2.17. The predicted octanol–water partition coefficient (Wildman–Crippen LogP) is 8.89. The molecular formula is C36H24. The first-order valence-electron chi connectivity index (χ1n) is 13.0. The SMILES string of the molecule is Cc1ccc(C(=C2c3ccc4c5c6c(ccc7c6c6c(ccc2c6c35)C7)C4)c2ccc(C)cc2)cc1. The third-order valence-corrected chi connectivity index (χ3v) is 8.94. The molecule has 168 valence electrons. The Hall–Kier alpha value is -4.16. The topological polar surface area (TPSA) is 0 Å². The summed E-state index contributed by atoms with van der Waals surface area (Å²) in [6, 6.07) is 32.7. The second kappa shape index (κ2) is 6.33. The lowest BCUT2D eigenvalue weighted by molar-refractivity contribution is 1.24. The number of rotatable bonds is 2. The van der Waals surface area contributed by atoms with Crippen LogP contribution < -0.4 is 0 Å². The van der Waals surface area contributed by atoms with Crippen molar-refractivity contribution in [3.63, 3.8) is 0 Å². The van der Waals surface area contributed by atoms with Crippen LogP contribution in [0.1, 0.15) is 55.6 Å². The van der Waals surface area contributed by atoms with Gasteiger partial charge in [-0.05, 0) is 115 Å². The first-order chi connectivity index (χ1) is 17.7. The van der Waals surface area contributed by atoms with Crippen LogP contribution in [-0.4, -0.2) is 0 Å². The Morgan fingerprint density at radius 1 is 0.417 bits per heavy atom. The molecule has 0 amide bonds. The quantitative estimate of drug-likeness (QED) is 0.228. The number of hydrogen-bond donors (Lipinski definition) is 0. The van der Waals surface area contributed by atoms with Gasteiger partial charge in [-0.2, -0.15) is 0 Å². The largest absolute Gasteiger partial charge is 0.0587 e. The highest BCUT2D eigenvalue weighted by Crippen LogP contribution is 2.57. The second-order valence-corrected chi connectivity index (χ2v) is 11.0. The Morgan fingerprint density at radius 2 is 0.778 bits per heavy atom. The average molecular weight is 457 g/mol. The molecule has 6 aromatic rings. The van der Waals surface area contributed by atoms with Gasteiger partial charge in [0.2, 0.25) is 0 Å². The molecular weight excluding hydrogens is 432 g/mol. The summed E-state index contributed by atoms with van der Waals surface area (Å²) in [5.41, 5.74) is 16.7. The summed E-state index contributed by atoms with van der Waals surface area (Å²) in [4.78, 5) is 0. The van der Waals surface area contributed by atoms with E-state index in [1.807, 2.05) is 0 Å². The van der Waals surface area contributed by atoms with Crippen molar-refractivity contribution in [3.8, 4) is 0 Å². The van der Waals surface area contributed by atoms with Crippen LogP contribution in [0.15, 0.2) is 84.9 Å². The minimum absolute atomic E-state index is 1.06. The van der Waals surface area contributed by atoms with E-state index >= 15 is 0 Å². The monoisotopic (exact) mass is 456 g/mol. The van der Waals surface area contributed by atoms with Crippen LogP contribution in [0, 0.1) is 13.8 Å². The van der Waals surface area contributed by atoms with Crippen molar-refractivity contribution in [2.45, 2.75) is 26.7 Å². The van der Waals surface area contributed by atoms with Crippen LogP contribution in [0.2, 0.25) is 0 Å². The molecule has 0 fully saturated rings. The van der Waals surface area contributed by atoms with E-state index in [0.717, 1.165) is 12.8 Å². The van der Waals surface area contributed by atoms with E-state index in [9.17, 15) is 0 Å². The fourth-order valence-electron chi connectivity index (χ4n) is 7.37. The van der Waals surface area contributed by atoms with E-state index in [4.69, 9.17) is 0 Å². The first kappa shape index (κ1) is 19.1. The average Bonchev–Trinajstić information content (AvgIpc) is 3.55. The molecule has 0 bridgehead atoms. The molecule has 0 aliphatic heterocycles. The number of benzene rings is 6. The van der Waals surface area contributed by atoms with Crippen LogP contribution >= 0.6 is 0 Å². The summed E-state index contributed by atoms with van der Waals surface area (Å²) in [7, 11) is 0. The highest BCUT2D eigenvalue weighted by Gasteiger charge is 2.34. The van der Waals surface area contributed by atoms with Gasteiger partial charge in [0.15, 0.2) is 0 Å². The van der Waals surface area contributed by atoms with Crippen molar-refractivity contribution in [1.29, 1.82) is 0 Å². The van der Waals surface area contributed by atoms with E-state index in [-0.39, 0.29) is 0 Å². The molecule has 0 N–H and O–H groups in total. The smallest absolute Gasteiger partial charge is 0.00106 e. The fourth-order valence-corrected chi connectivity index (χ4v) is 7.37. The Morgan fingerprint density at radius 3 is 1.19 bits per heavy atom. The van der Waals surface area contributed by atoms with E-state index in [1.54, 1.807) is 0 Å². The van der Waals surface area contributed by atoms with E-state index in [2.05, 4.69) is 98.8 Å². The lowest BCUT2D eigenvalue weighted by Crippen LogP contribution is -1.96. The molecule has 0 saturated heterocycles. The van der Waals surface area contributed by atoms with Crippen LogP contribution in [0.4, 0.5) is 0 Å². The van der Waals surface area contributed by atoms with Gasteiger partial charge in [0.05, 0.1) is 0 Å². The third-order valence-electron chi connectivity index (χ3n) is 8.94. The van der Waals surface area contributed by atoms with Gasteiger partial charge in [-0.25, -0.2) is 0 Å². The van der Waals surface area contributed by atoms with E-state index in [1.165, 1.54) is 99.1 Å². The zero-order valence-electron chi connectivity index (χ0n) is 20.5. The molecule has 3 aliphatic carbocycles. The van der Waals surface area contributed by atoms with Gasteiger partial charge in [-0.15, -0.1) is 0 Å². The van der Waals surface area contributed by atoms with E-state index in [0.29, 0.717) is 0 Å². The molecule has 0 nitrogen and oxygen atoms in total. The maximum Gasteiger partial charge on any atom is -0.00106 e. The van der Waals surface area contributed by atoms with Gasteiger partial charge in [-0.3, -0.25) is 0 Å². The summed E-state index contributed by atoms with van der Waals surface area (Å²) in [5.74, 6) is 0. The fraction of sp³-hybridized carbons (Fsp3) is 0.111. The Labute approximate surface area is 210 Å². The van der Waals surface area contributed by atoms with Gasteiger partial charge in [0, 0.05) is 0 Å². The molecule has 0 heteroatoms. The van der Waals surface area contributed by atoms with Crippen LogP contribution in [-0.2, 0) is 12.8 Å². The zero-order chi connectivity index (χ0) is 23.7. The summed E-state index contributed by atoms with van der Waals surface area (Å²) < 4.78 is 0. The zero-order valence-corrected chi connectivity index (χ0v) is 20.5. The Bertz CT molecular complexity index is 1870. The molecule has 9 rings (SSSR count). The van der Waals surface area contributed by atoms with Crippen LogP contribution in [0.5, 0.6) is 0 Å². The molecule has 0 unspecified atom stereocenters. The van der Waals surface area contributed by atoms with Crippen molar-refractivity contribution in [2.24, 2.45) is 0 Å². The van der Waals surface area contributed by atoms with E-state index < -0.39 is 0 Å². The van der Waals surface area contributed by atoms with Crippen molar-refractivity contribution in [2.75, 3.05) is 0 Å². The Kier molecular flexibility index (Phi) is 3.36. The van der Waals surface area contributed by atoms with Gasteiger partial charge >= 0.3 is 0 Å². The van der Waals surface area contributed by atoms with Crippen molar-refractivity contribution >= 4 is 43.5 Å². The summed E-state index contributed by atoms with van der Waals surface area (Å²) in [6.45, 7) is 4.34. The van der Waals surface area contributed by atoms with Crippen molar-refractivity contribution in [1.82, 2.24) is 0 Å². The highest BCUT2D eigenvalue weighted by atomic mass is 14.4. The molecule has 0 aromatic heterocycles. The number of hydrogen-bond acceptors (Lipinski definition) is 0. The minimum Gasteiger partial charge on any atom is -0.0587 e. The molecule has 3 aliphatic rings. The summed E-state index contributed by atoms with van der Waals surface area (Å²) in [5, 5.41) is 9.11.